The molecule has 2 aromatic rings. The van der Waals surface area contributed by atoms with E-state index < -0.39 is 11.7 Å². The Morgan fingerprint density at radius 2 is 2.16 bits per heavy atom. The van der Waals surface area contributed by atoms with Gasteiger partial charge in [-0.3, -0.25) is 4.79 Å². The standard InChI is InChI=1S/C13H10BrFN2O2/c1-19-12-5-2-8(14)6-11(12)17-13(18)10-4-3-9(15)7-16-10/h2-7H,1H3,(H,17,18). The monoisotopic (exact) mass is 324 g/mol. The Morgan fingerprint density at radius 3 is 2.79 bits per heavy atom. The van der Waals surface area contributed by atoms with Gasteiger partial charge in [0, 0.05) is 4.47 Å². The van der Waals surface area contributed by atoms with E-state index in [1.807, 2.05) is 0 Å². The van der Waals surface area contributed by atoms with Crippen LogP contribution < -0.4 is 10.1 Å². The number of benzene rings is 1. The number of aromatic nitrogens is 1. The summed E-state index contributed by atoms with van der Waals surface area (Å²) in [5.74, 6) is -0.397. The van der Waals surface area contributed by atoms with E-state index in [1.165, 1.54) is 19.2 Å². The van der Waals surface area contributed by atoms with Crippen LogP contribution in [0.2, 0.25) is 0 Å². The molecular weight excluding hydrogens is 315 g/mol. The number of rotatable bonds is 3. The van der Waals surface area contributed by atoms with Crippen LogP contribution >= 0.6 is 15.9 Å². The maximum absolute atomic E-state index is 12.7. The number of carbonyl (C=O) groups is 1. The van der Waals surface area contributed by atoms with Gasteiger partial charge in [-0.2, -0.15) is 0 Å². The second-order valence-electron chi connectivity index (χ2n) is 3.66. The molecule has 0 aliphatic rings. The molecule has 0 fully saturated rings. The Labute approximate surface area is 117 Å². The molecule has 0 spiro atoms. The van der Waals surface area contributed by atoms with Crippen molar-refractivity contribution in [2.75, 3.05) is 12.4 Å². The molecule has 1 amide bonds. The van der Waals surface area contributed by atoms with Crippen molar-refractivity contribution >= 4 is 27.5 Å². The van der Waals surface area contributed by atoms with Gasteiger partial charge in [-0.1, -0.05) is 15.9 Å². The number of anilines is 1. The predicted octanol–water partition coefficient (Wildman–Crippen LogP) is 3.24. The number of hydrogen-bond acceptors (Lipinski definition) is 3. The molecule has 1 heterocycles. The fourth-order valence-corrected chi connectivity index (χ4v) is 1.84. The highest BCUT2D eigenvalue weighted by atomic mass is 79.9. The normalized spacial score (nSPS) is 10.1. The molecule has 0 aliphatic heterocycles. The minimum Gasteiger partial charge on any atom is -0.495 e. The van der Waals surface area contributed by atoms with Crippen molar-refractivity contribution in [2.24, 2.45) is 0 Å². The first-order chi connectivity index (χ1) is 9.10. The summed E-state index contributed by atoms with van der Waals surface area (Å²) in [5.41, 5.74) is 0.636. The van der Waals surface area contributed by atoms with Crippen LogP contribution in [0.4, 0.5) is 10.1 Å². The van der Waals surface area contributed by atoms with Crippen LogP contribution in [0.1, 0.15) is 10.5 Å². The largest absolute Gasteiger partial charge is 0.495 e. The fourth-order valence-electron chi connectivity index (χ4n) is 1.47. The first-order valence-corrected chi connectivity index (χ1v) is 6.16. The van der Waals surface area contributed by atoms with Gasteiger partial charge in [-0.05, 0) is 30.3 Å². The molecule has 0 saturated carbocycles. The molecule has 1 aromatic heterocycles. The topological polar surface area (TPSA) is 51.2 Å². The van der Waals surface area contributed by atoms with E-state index in [-0.39, 0.29) is 5.69 Å². The maximum Gasteiger partial charge on any atom is 0.274 e. The van der Waals surface area contributed by atoms with E-state index in [1.54, 1.807) is 18.2 Å². The summed E-state index contributed by atoms with van der Waals surface area (Å²) in [4.78, 5) is 15.7. The number of carbonyl (C=O) groups excluding carboxylic acids is 1. The van der Waals surface area contributed by atoms with Gasteiger partial charge in [0.2, 0.25) is 0 Å². The Balaban J connectivity index is 2.23. The van der Waals surface area contributed by atoms with Crippen LogP contribution in [-0.2, 0) is 0 Å². The molecule has 1 N–H and O–H groups in total. The molecule has 19 heavy (non-hydrogen) atoms. The third kappa shape index (κ3) is 3.29. The zero-order valence-electron chi connectivity index (χ0n) is 9.98. The molecule has 98 valence electrons. The minimum absolute atomic E-state index is 0.128. The predicted molar refractivity (Wildman–Crippen MR) is 72.8 cm³/mol. The second kappa shape index (κ2) is 5.79. The maximum atomic E-state index is 12.7. The third-order valence-corrected chi connectivity index (χ3v) is 2.86. The number of hydrogen-bond donors (Lipinski definition) is 1. The van der Waals surface area contributed by atoms with E-state index in [2.05, 4.69) is 26.2 Å². The highest BCUT2D eigenvalue weighted by Gasteiger charge is 2.11. The average Bonchev–Trinajstić information content (AvgIpc) is 2.39. The lowest BCUT2D eigenvalue weighted by atomic mass is 10.2. The van der Waals surface area contributed by atoms with Crippen molar-refractivity contribution in [3.63, 3.8) is 0 Å². The van der Waals surface area contributed by atoms with Gasteiger partial charge in [0.1, 0.15) is 17.3 Å². The molecule has 4 nitrogen and oxygen atoms in total. The molecule has 0 unspecified atom stereocenters. The van der Waals surface area contributed by atoms with Crippen LogP contribution in [0.3, 0.4) is 0 Å². The van der Waals surface area contributed by atoms with Crippen molar-refractivity contribution in [1.82, 2.24) is 4.98 Å². The molecule has 0 bridgehead atoms. The van der Waals surface area contributed by atoms with Crippen molar-refractivity contribution < 1.29 is 13.9 Å². The quantitative estimate of drug-likeness (QED) is 0.942. The first kappa shape index (κ1) is 13.5. The van der Waals surface area contributed by atoms with Crippen LogP contribution in [0.15, 0.2) is 41.0 Å². The number of methoxy groups -OCH3 is 1. The minimum atomic E-state index is -0.489. The number of amides is 1. The summed E-state index contributed by atoms with van der Waals surface area (Å²) in [6.45, 7) is 0. The molecule has 0 saturated heterocycles. The lowest BCUT2D eigenvalue weighted by Crippen LogP contribution is -2.14. The number of pyridine rings is 1. The SMILES string of the molecule is COc1ccc(Br)cc1NC(=O)c1ccc(F)cn1. The molecule has 0 aliphatic carbocycles. The summed E-state index contributed by atoms with van der Waals surface area (Å²) in [6, 6.07) is 7.72. The Morgan fingerprint density at radius 1 is 1.37 bits per heavy atom. The van der Waals surface area contributed by atoms with E-state index in [9.17, 15) is 9.18 Å². The molecular formula is C13H10BrFN2O2. The number of ether oxygens (including phenoxy) is 1. The highest BCUT2D eigenvalue weighted by Crippen LogP contribution is 2.28. The van der Waals surface area contributed by atoms with E-state index in [0.717, 1.165) is 10.7 Å². The van der Waals surface area contributed by atoms with E-state index in [0.29, 0.717) is 11.4 Å². The molecule has 2 rings (SSSR count). The zero-order valence-corrected chi connectivity index (χ0v) is 11.6. The molecule has 6 heteroatoms. The van der Waals surface area contributed by atoms with Gasteiger partial charge in [-0.15, -0.1) is 0 Å². The second-order valence-corrected chi connectivity index (χ2v) is 4.58. The van der Waals surface area contributed by atoms with Crippen molar-refractivity contribution in [2.45, 2.75) is 0 Å². The summed E-state index contributed by atoms with van der Waals surface area (Å²) in [5, 5.41) is 2.66. The van der Waals surface area contributed by atoms with Gasteiger partial charge >= 0.3 is 0 Å². The lowest BCUT2D eigenvalue weighted by molar-refractivity contribution is 0.102. The van der Waals surface area contributed by atoms with E-state index >= 15 is 0 Å². The molecule has 0 atom stereocenters. The summed E-state index contributed by atoms with van der Waals surface area (Å²) < 4.78 is 18.7. The number of nitrogens with one attached hydrogen (secondary N) is 1. The summed E-state index contributed by atoms with van der Waals surface area (Å²) in [7, 11) is 1.51. The zero-order chi connectivity index (χ0) is 13.8. The van der Waals surface area contributed by atoms with Crippen molar-refractivity contribution in [3.05, 3.63) is 52.5 Å². The van der Waals surface area contributed by atoms with Crippen LogP contribution in [0, 0.1) is 5.82 Å². The van der Waals surface area contributed by atoms with Gasteiger partial charge in [0.05, 0.1) is 19.0 Å². The van der Waals surface area contributed by atoms with Gasteiger partial charge < -0.3 is 10.1 Å². The lowest BCUT2D eigenvalue weighted by Gasteiger charge is -2.10. The van der Waals surface area contributed by atoms with Gasteiger partial charge in [0.15, 0.2) is 0 Å². The fraction of sp³-hybridized carbons (Fsp3) is 0.0769. The summed E-state index contributed by atoms with van der Waals surface area (Å²) in [6.07, 6.45) is 0.993. The van der Waals surface area contributed by atoms with Gasteiger partial charge in [0.25, 0.3) is 5.91 Å². The van der Waals surface area contributed by atoms with E-state index in [4.69, 9.17) is 4.74 Å². The van der Waals surface area contributed by atoms with Crippen LogP contribution in [-0.4, -0.2) is 18.0 Å². The van der Waals surface area contributed by atoms with Crippen LogP contribution in [0.5, 0.6) is 5.75 Å². The average molecular weight is 325 g/mol. The smallest absolute Gasteiger partial charge is 0.274 e. The van der Waals surface area contributed by atoms with Crippen molar-refractivity contribution in [1.29, 1.82) is 0 Å². The Hall–Kier alpha value is -1.95. The third-order valence-electron chi connectivity index (χ3n) is 2.37. The number of nitrogens with zero attached hydrogens (tertiary/aromatic N) is 1. The Kier molecular flexibility index (Phi) is 4.11. The Bertz CT molecular complexity index is 602. The number of halogens is 2. The van der Waals surface area contributed by atoms with Crippen molar-refractivity contribution in [3.8, 4) is 5.75 Å². The highest BCUT2D eigenvalue weighted by molar-refractivity contribution is 9.10. The first-order valence-electron chi connectivity index (χ1n) is 5.36. The summed E-state index contributed by atoms with van der Waals surface area (Å²) >= 11 is 3.31. The molecule has 0 radical (unpaired) electrons. The van der Waals surface area contributed by atoms with Gasteiger partial charge in [-0.25, -0.2) is 9.37 Å². The molecule has 1 aromatic carbocycles. The van der Waals surface area contributed by atoms with Crippen LogP contribution in [0.25, 0.3) is 0 Å².